The molecule has 0 aliphatic heterocycles. The summed E-state index contributed by atoms with van der Waals surface area (Å²) in [6.45, 7) is 48.9. The van der Waals surface area contributed by atoms with Gasteiger partial charge in [-0.1, -0.05) is 197 Å². The molecule has 0 radical (unpaired) electrons. The fourth-order valence-corrected chi connectivity index (χ4v) is 23.8. The molecular weight excluding hydrogens is 1640 g/mol. The highest BCUT2D eigenvalue weighted by atomic mass is 16.4. The van der Waals surface area contributed by atoms with Crippen LogP contribution in [0.25, 0.3) is 178 Å². The number of hydrogen-bond acceptors (Lipinski definition) is 8. The largest absolute Gasteiger partial charge is 0.455 e. The lowest BCUT2D eigenvalue weighted by molar-refractivity contribution is -0.660. The number of rotatable bonds is 8. The third kappa shape index (κ3) is 12.8. The molecular formula is C122H120N8O4+4. The molecule has 4 aliphatic carbocycles. The Kier molecular flexibility index (Phi) is 20.4. The molecule has 12 nitrogen and oxygen atoms in total. The lowest BCUT2D eigenvalue weighted by atomic mass is 9.64. The highest BCUT2D eigenvalue weighted by molar-refractivity contribution is 6.15. The SMILES string of the molecule is CCC1(CC)c2ccccc2-c2cc3c(nc21)oc1c(-c2cc(C)c(C)c[n+]2C)c(C)ccc13.Cc1cc(-c2c(C)ccc3c2oc2cc4c(cc23)-c2cccnc2C4(C)C)[n+](C)cc1C.Cc1cc(-c2c(C)ccc3c2oc2nc4c(cc23)-c2ccccc2C4(C(C)C)C(C)C)[n+](C)cc1C.Cc1cc(-c2c(C)ccc3c2oc2nc4c(cc23)-c2ccccc2C4(C)C)[n+](C)cc1C. The molecule has 0 fully saturated rings. The van der Waals surface area contributed by atoms with Crippen molar-refractivity contribution in [3.05, 3.63) is 331 Å². The van der Waals surface area contributed by atoms with Gasteiger partial charge in [-0.3, -0.25) is 4.98 Å². The Morgan fingerprint density at radius 2 is 0.612 bits per heavy atom. The normalized spacial score (nSPS) is 14.2. The minimum Gasteiger partial charge on any atom is -0.455 e. The maximum Gasteiger partial charge on any atom is 0.227 e. The van der Waals surface area contributed by atoms with Crippen molar-refractivity contribution in [2.24, 2.45) is 40.0 Å². The first-order valence-electron chi connectivity index (χ1n) is 47.9. The second kappa shape index (κ2) is 31.4. The molecule has 0 atom stereocenters. The van der Waals surface area contributed by atoms with Gasteiger partial charge in [-0.05, 0) is 233 Å². The average molecular weight is 1760 g/mol. The summed E-state index contributed by atoms with van der Waals surface area (Å²) in [6, 6.07) is 68.8. The fourth-order valence-electron chi connectivity index (χ4n) is 23.8. The smallest absolute Gasteiger partial charge is 0.227 e. The highest BCUT2D eigenvalue weighted by Crippen LogP contribution is 2.59. The molecule has 24 rings (SSSR count). The van der Waals surface area contributed by atoms with Crippen LogP contribution in [0.1, 0.15) is 194 Å². The van der Waals surface area contributed by atoms with Crippen LogP contribution in [0.15, 0.2) is 237 Å². The van der Waals surface area contributed by atoms with Crippen molar-refractivity contribution >= 4 is 88.1 Å². The van der Waals surface area contributed by atoms with Gasteiger partial charge in [0.1, 0.15) is 39.4 Å². The van der Waals surface area contributed by atoms with Crippen LogP contribution in [0.3, 0.4) is 0 Å². The minimum atomic E-state index is -0.141. The number of nitrogens with zero attached hydrogens (tertiary/aromatic N) is 8. The molecule has 0 amide bonds. The summed E-state index contributed by atoms with van der Waals surface area (Å²) in [7, 11) is 8.45. The van der Waals surface area contributed by atoms with E-state index in [0.29, 0.717) is 11.8 Å². The maximum absolute atomic E-state index is 6.70. The van der Waals surface area contributed by atoms with Crippen LogP contribution in [-0.4, -0.2) is 19.9 Å². The lowest BCUT2D eigenvalue weighted by Gasteiger charge is -2.39. The predicted octanol–water partition coefficient (Wildman–Crippen LogP) is 28.9. The van der Waals surface area contributed by atoms with Gasteiger partial charge in [0.25, 0.3) is 0 Å². The Labute approximate surface area is 786 Å². The Morgan fingerprint density at radius 1 is 0.284 bits per heavy atom. The number of pyridine rings is 8. The van der Waals surface area contributed by atoms with E-state index >= 15 is 0 Å². The number of benzene rings is 8. The van der Waals surface area contributed by atoms with E-state index in [0.717, 1.165) is 141 Å². The van der Waals surface area contributed by atoms with Gasteiger partial charge in [-0.25, -0.2) is 33.2 Å². The van der Waals surface area contributed by atoms with Gasteiger partial charge >= 0.3 is 0 Å². The van der Waals surface area contributed by atoms with Crippen molar-refractivity contribution in [1.29, 1.82) is 0 Å². The molecule has 12 heterocycles. The second-order valence-corrected chi connectivity index (χ2v) is 40.8. The molecule has 668 valence electrons. The Bertz CT molecular complexity index is 8190. The molecule has 134 heavy (non-hydrogen) atoms. The lowest BCUT2D eigenvalue weighted by Crippen LogP contribution is -2.38. The summed E-state index contributed by atoms with van der Waals surface area (Å²) in [6.07, 6.45) is 12.7. The fraction of sp³-hybridized carbons (Fsp3) is 0.279. The first-order valence-corrected chi connectivity index (χ1v) is 47.9. The second-order valence-electron chi connectivity index (χ2n) is 40.8. The first kappa shape index (κ1) is 86.9. The maximum atomic E-state index is 6.70. The Morgan fingerprint density at radius 3 is 1.03 bits per heavy atom. The van der Waals surface area contributed by atoms with Crippen LogP contribution in [0.5, 0.6) is 0 Å². The van der Waals surface area contributed by atoms with Crippen LogP contribution >= 0.6 is 0 Å². The molecule has 0 saturated heterocycles. The van der Waals surface area contributed by atoms with E-state index in [1.807, 2.05) is 12.3 Å². The number of hydrogen-bond donors (Lipinski definition) is 0. The molecule has 12 heteroatoms. The van der Waals surface area contributed by atoms with Crippen molar-refractivity contribution in [3.63, 3.8) is 0 Å². The predicted molar refractivity (Wildman–Crippen MR) is 547 cm³/mol. The quantitative estimate of drug-likeness (QED) is 0.138. The van der Waals surface area contributed by atoms with Crippen LogP contribution in [0.4, 0.5) is 0 Å². The summed E-state index contributed by atoms with van der Waals surface area (Å²) in [5.74, 6) is 0.809. The molecule has 20 aromatic rings. The van der Waals surface area contributed by atoms with E-state index in [1.165, 1.54) is 162 Å². The average Bonchev–Trinajstić information content (AvgIpc) is 1.57. The van der Waals surface area contributed by atoms with E-state index in [1.54, 1.807) is 0 Å². The van der Waals surface area contributed by atoms with Crippen molar-refractivity contribution in [2.45, 2.75) is 187 Å². The number of furan rings is 4. The van der Waals surface area contributed by atoms with Crippen molar-refractivity contribution in [3.8, 4) is 89.5 Å². The third-order valence-electron chi connectivity index (χ3n) is 31.6. The molecule has 0 bridgehead atoms. The molecule has 0 N–H and O–H groups in total. The van der Waals surface area contributed by atoms with Crippen molar-refractivity contribution in [1.82, 2.24) is 19.9 Å². The monoisotopic (exact) mass is 1760 g/mol. The van der Waals surface area contributed by atoms with Gasteiger partial charge in [0.2, 0.25) is 39.9 Å². The molecule has 0 saturated carbocycles. The van der Waals surface area contributed by atoms with Gasteiger partial charge in [0, 0.05) is 140 Å². The summed E-state index contributed by atoms with van der Waals surface area (Å²) < 4.78 is 35.3. The minimum absolute atomic E-state index is 0.0572. The van der Waals surface area contributed by atoms with E-state index in [2.05, 4.69) is 406 Å². The van der Waals surface area contributed by atoms with Gasteiger partial charge in [0.05, 0.1) is 45.0 Å². The number of aromatic nitrogens is 8. The summed E-state index contributed by atoms with van der Waals surface area (Å²) in [5.41, 5.74) is 50.9. The van der Waals surface area contributed by atoms with Crippen LogP contribution in [0, 0.1) is 94.9 Å². The summed E-state index contributed by atoms with van der Waals surface area (Å²) >= 11 is 0. The molecule has 8 aromatic carbocycles. The summed E-state index contributed by atoms with van der Waals surface area (Å²) in [4.78, 5) is 20.4. The first-order chi connectivity index (χ1) is 64.1. The Hall–Kier alpha value is -13.8. The molecule has 4 aliphatic rings. The number of fused-ring (bicyclic) bond motifs is 24. The topological polar surface area (TPSA) is 120 Å². The standard InChI is InChI=1S/C33H35N2O.C31H31N2O.2C29H27N2O/c1-18(2)33(19(3)4)27-12-10-9-11-23(27)25-16-26-24-14-13-20(5)29(30(24)36-32(26)34-31(25)33)28-15-21(6)22(7)17-35(28)8;1-7-31(8-2)25-12-10-9-11-21(25)23-16-24-22-14-13-18(3)27(28(22)34-30(24)32-29(23)31)26-15-19(4)20(5)17-33(26)6;1-16-9-10-19-22-13-21-20-8-7-11-30-28(20)29(4,5)23(21)14-25(22)32-27(19)26(16)24-12-17(2)18(3)15-31(24)6;1-16-11-12-20-22-14-21-19-9-7-8-10-23(19)29(4,5)27(21)30-28(22)32-26(20)25(16)24-13-17(2)18(3)15-31(24)6/h9-19H,1-8H3;9-17H,7-8H2,1-6H3;2*7-15H,1-6H3/q4*+1. The van der Waals surface area contributed by atoms with Gasteiger partial charge in [0.15, 0.2) is 41.5 Å². The molecule has 0 unspecified atom stereocenters. The van der Waals surface area contributed by atoms with E-state index in [9.17, 15) is 0 Å². The van der Waals surface area contributed by atoms with Crippen molar-refractivity contribution in [2.75, 3.05) is 0 Å². The zero-order chi connectivity index (χ0) is 94.0. The van der Waals surface area contributed by atoms with Crippen LogP contribution in [0.2, 0.25) is 0 Å². The van der Waals surface area contributed by atoms with Crippen LogP contribution in [-0.2, 0) is 49.9 Å². The Balaban J connectivity index is 0.000000107. The zero-order valence-corrected chi connectivity index (χ0v) is 82.6. The summed E-state index contributed by atoms with van der Waals surface area (Å²) in [5, 5.41) is 8.98. The van der Waals surface area contributed by atoms with Crippen LogP contribution < -0.4 is 18.3 Å². The van der Waals surface area contributed by atoms with Gasteiger partial charge in [-0.15, -0.1) is 0 Å². The van der Waals surface area contributed by atoms with E-state index in [4.69, 9.17) is 37.6 Å². The van der Waals surface area contributed by atoms with E-state index < -0.39 is 0 Å². The van der Waals surface area contributed by atoms with Gasteiger partial charge in [-0.2, -0.15) is 0 Å². The number of aryl methyl sites for hydroxylation is 16. The van der Waals surface area contributed by atoms with Gasteiger partial charge < -0.3 is 17.7 Å². The van der Waals surface area contributed by atoms with E-state index in [-0.39, 0.29) is 21.7 Å². The molecule has 0 spiro atoms. The molecule has 12 aromatic heterocycles. The van der Waals surface area contributed by atoms with Crippen molar-refractivity contribution < 1.29 is 35.9 Å². The highest BCUT2D eigenvalue weighted by Gasteiger charge is 2.51. The zero-order valence-electron chi connectivity index (χ0n) is 82.6. The third-order valence-corrected chi connectivity index (χ3v) is 31.6.